The number of aliphatic hydroxyl groups excluding tert-OH is 1. The summed E-state index contributed by atoms with van der Waals surface area (Å²) in [6.45, 7) is 0.821. The van der Waals surface area contributed by atoms with Gasteiger partial charge in [0.25, 0.3) is 11.7 Å². The van der Waals surface area contributed by atoms with Gasteiger partial charge >= 0.3 is 0 Å². The van der Waals surface area contributed by atoms with Crippen LogP contribution in [0.4, 0.5) is 5.69 Å². The third-order valence-electron chi connectivity index (χ3n) is 5.35. The van der Waals surface area contributed by atoms with E-state index >= 15 is 0 Å². The zero-order valence-corrected chi connectivity index (χ0v) is 17.5. The van der Waals surface area contributed by atoms with Crippen molar-refractivity contribution in [3.63, 3.8) is 0 Å². The van der Waals surface area contributed by atoms with Gasteiger partial charge < -0.3 is 14.6 Å². The maximum atomic E-state index is 13.1. The number of carbonyl (C=O) groups is 2. The van der Waals surface area contributed by atoms with Crippen LogP contribution in [0.3, 0.4) is 0 Å². The van der Waals surface area contributed by atoms with E-state index in [9.17, 15) is 14.7 Å². The molecule has 1 aromatic heterocycles. The average Bonchev–Trinajstić information content (AvgIpc) is 3.45. The summed E-state index contributed by atoms with van der Waals surface area (Å²) >= 11 is 1.38. The van der Waals surface area contributed by atoms with Crippen molar-refractivity contribution in [3.8, 4) is 17.6 Å². The number of amides is 1. The van der Waals surface area contributed by atoms with Gasteiger partial charge in [0, 0.05) is 16.1 Å². The molecule has 0 saturated carbocycles. The third kappa shape index (κ3) is 3.20. The lowest BCUT2D eigenvalue weighted by molar-refractivity contribution is -0.132. The molecule has 1 unspecified atom stereocenters. The Kier molecular flexibility index (Phi) is 4.88. The highest BCUT2D eigenvalue weighted by Crippen LogP contribution is 2.44. The molecule has 3 heterocycles. The highest BCUT2D eigenvalue weighted by molar-refractivity contribution is 7.10. The van der Waals surface area contributed by atoms with E-state index in [-0.39, 0.29) is 11.3 Å². The van der Waals surface area contributed by atoms with Crippen LogP contribution < -0.4 is 14.4 Å². The number of Topliss-reactive ketones (excluding diaryl/α,β-unsaturated/α-hetero) is 1. The number of anilines is 1. The van der Waals surface area contributed by atoms with Gasteiger partial charge in [0.1, 0.15) is 25.0 Å². The Hall–Kier alpha value is -4.09. The average molecular weight is 444 g/mol. The first-order valence-corrected chi connectivity index (χ1v) is 10.7. The molecule has 3 aromatic rings. The lowest BCUT2D eigenvalue weighted by Gasteiger charge is -2.24. The standard InChI is InChI=1S/C24H16N2O5S/c25-13-14-3-6-16(7-4-14)26-21(19-2-1-11-32-19)20(23(28)24(26)29)22(27)15-5-8-17-18(12-15)31-10-9-30-17/h1-8,11-12,21,27H,9-10H2/b22-20-. The molecule has 5 rings (SSSR count). The van der Waals surface area contributed by atoms with Crippen molar-refractivity contribution in [2.45, 2.75) is 6.04 Å². The maximum absolute atomic E-state index is 13.1. The zero-order chi connectivity index (χ0) is 22.2. The van der Waals surface area contributed by atoms with Crippen LogP contribution in [-0.2, 0) is 9.59 Å². The minimum atomic E-state index is -0.795. The molecule has 2 aliphatic rings. The normalized spacial score (nSPS) is 19.1. The van der Waals surface area contributed by atoms with Crippen LogP contribution in [0.2, 0.25) is 0 Å². The Balaban J connectivity index is 1.66. The predicted octanol–water partition coefficient (Wildman–Crippen LogP) is 4.02. The molecule has 1 amide bonds. The second-order valence-corrected chi connectivity index (χ2v) is 8.18. The molecule has 1 atom stereocenters. The number of benzene rings is 2. The van der Waals surface area contributed by atoms with Crippen molar-refractivity contribution in [1.29, 1.82) is 5.26 Å². The highest BCUT2D eigenvalue weighted by atomic mass is 32.1. The van der Waals surface area contributed by atoms with Crippen LogP contribution in [0, 0.1) is 11.3 Å². The van der Waals surface area contributed by atoms with E-state index in [4.69, 9.17) is 14.7 Å². The van der Waals surface area contributed by atoms with Crippen LogP contribution in [-0.4, -0.2) is 30.0 Å². The number of rotatable bonds is 3. The number of ether oxygens (including phenoxy) is 2. The quantitative estimate of drug-likeness (QED) is 0.372. The van der Waals surface area contributed by atoms with Gasteiger partial charge in [-0.05, 0) is 53.9 Å². The Morgan fingerprint density at radius 3 is 2.50 bits per heavy atom. The zero-order valence-electron chi connectivity index (χ0n) is 16.6. The molecule has 1 saturated heterocycles. The van der Waals surface area contributed by atoms with E-state index in [0.29, 0.717) is 41.5 Å². The summed E-state index contributed by atoms with van der Waals surface area (Å²) < 4.78 is 11.1. The SMILES string of the molecule is N#Cc1ccc(N2C(=O)C(=O)/C(=C(\O)c3ccc4c(c3)OCCO4)C2c2cccs2)cc1. The highest BCUT2D eigenvalue weighted by Gasteiger charge is 2.47. The molecule has 0 aliphatic carbocycles. The molecular formula is C24H16N2O5S. The third-order valence-corrected chi connectivity index (χ3v) is 6.27. The molecule has 158 valence electrons. The summed E-state index contributed by atoms with van der Waals surface area (Å²) in [6.07, 6.45) is 0. The molecule has 2 aromatic carbocycles. The van der Waals surface area contributed by atoms with E-state index in [1.54, 1.807) is 42.5 Å². The van der Waals surface area contributed by atoms with Crippen molar-refractivity contribution in [2.75, 3.05) is 18.1 Å². The number of hydrogen-bond acceptors (Lipinski definition) is 7. The van der Waals surface area contributed by atoms with Crippen molar-refractivity contribution in [1.82, 2.24) is 0 Å². The number of aliphatic hydroxyl groups is 1. The van der Waals surface area contributed by atoms with E-state index in [1.807, 2.05) is 23.6 Å². The molecular weight excluding hydrogens is 428 g/mol. The Morgan fingerprint density at radius 1 is 1.06 bits per heavy atom. The maximum Gasteiger partial charge on any atom is 0.300 e. The first-order chi connectivity index (χ1) is 15.6. The van der Waals surface area contributed by atoms with Crippen LogP contribution in [0.25, 0.3) is 5.76 Å². The van der Waals surface area contributed by atoms with Gasteiger partial charge in [-0.1, -0.05) is 6.07 Å². The van der Waals surface area contributed by atoms with Crippen molar-refractivity contribution < 1.29 is 24.2 Å². The van der Waals surface area contributed by atoms with Crippen molar-refractivity contribution >= 4 is 34.5 Å². The molecule has 0 bridgehead atoms. The topological polar surface area (TPSA) is 99.9 Å². The molecule has 1 N–H and O–H groups in total. The van der Waals surface area contributed by atoms with Crippen LogP contribution >= 0.6 is 11.3 Å². The van der Waals surface area contributed by atoms with Crippen molar-refractivity contribution in [2.24, 2.45) is 0 Å². The molecule has 0 radical (unpaired) electrons. The monoisotopic (exact) mass is 444 g/mol. The Labute approximate surface area is 187 Å². The number of hydrogen-bond donors (Lipinski definition) is 1. The lowest BCUT2D eigenvalue weighted by atomic mass is 9.99. The van der Waals surface area contributed by atoms with Gasteiger partial charge in [-0.15, -0.1) is 11.3 Å². The number of fused-ring (bicyclic) bond motifs is 1. The number of thiophene rings is 1. The van der Waals surface area contributed by atoms with E-state index < -0.39 is 17.7 Å². The number of ketones is 1. The fraction of sp³-hybridized carbons (Fsp3) is 0.125. The van der Waals surface area contributed by atoms with Gasteiger partial charge in [-0.3, -0.25) is 14.5 Å². The summed E-state index contributed by atoms with van der Waals surface area (Å²) in [5.41, 5.74) is 1.26. The molecule has 2 aliphatic heterocycles. The summed E-state index contributed by atoms with van der Waals surface area (Å²) in [5.74, 6) is -0.780. The molecule has 0 spiro atoms. The van der Waals surface area contributed by atoms with E-state index in [1.165, 1.54) is 16.2 Å². The number of carbonyl (C=O) groups excluding carboxylic acids is 2. The summed E-state index contributed by atoms with van der Waals surface area (Å²) in [7, 11) is 0. The summed E-state index contributed by atoms with van der Waals surface area (Å²) in [5, 5.41) is 22.1. The summed E-state index contributed by atoms with van der Waals surface area (Å²) in [4.78, 5) is 28.3. The van der Waals surface area contributed by atoms with E-state index in [2.05, 4.69) is 0 Å². The van der Waals surface area contributed by atoms with Crippen molar-refractivity contribution in [3.05, 3.63) is 81.6 Å². The Bertz CT molecular complexity index is 1290. The van der Waals surface area contributed by atoms with Gasteiger partial charge in [0.05, 0.1) is 17.2 Å². The predicted molar refractivity (Wildman–Crippen MR) is 118 cm³/mol. The van der Waals surface area contributed by atoms with Crippen LogP contribution in [0.5, 0.6) is 11.5 Å². The fourth-order valence-corrected chi connectivity index (χ4v) is 4.68. The van der Waals surface area contributed by atoms with Gasteiger partial charge in [-0.2, -0.15) is 5.26 Å². The molecule has 32 heavy (non-hydrogen) atoms. The second kappa shape index (κ2) is 7.87. The first kappa shape index (κ1) is 19.8. The van der Waals surface area contributed by atoms with E-state index in [0.717, 1.165) is 4.88 Å². The lowest BCUT2D eigenvalue weighted by Crippen LogP contribution is -2.29. The van der Waals surface area contributed by atoms with Crippen LogP contribution in [0.15, 0.2) is 65.6 Å². The molecule has 8 heteroatoms. The minimum absolute atomic E-state index is 0.00140. The number of nitrogens with zero attached hydrogens (tertiary/aromatic N) is 2. The van der Waals surface area contributed by atoms with Crippen LogP contribution in [0.1, 0.15) is 22.0 Å². The molecule has 1 fully saturated rings. The second-order valence-electron chi connectivity index (χ2n) is 7.20. The largest absolute Gasteiger partial charge is 0.507 e. The number of nitriles is 1. The first-order valence-electron chi connectivity index (χ1n) is 9.83. The van der Waals surface area contributed by atoms with Gasteiger partial charge in [0.15, 0.2) is 11.5 Å². The van der Waals surface area contributed by atoms with Gasteiger partial charge in [-0.25, -0.2) is 0 Å². The van der Waals surface area contributed by atoms with Gasteiger partial charge in [0.2, 0.25) is 0 Å². The Morgan fingerprint density at radius 2 is 1.81 bits per heavy atom. The minimum Gasteiger partial charge on any atom is -0.507 e. The molecule has 7 nitrogen and oxygen atoms in total. The summed E-state index contributed by atoms with van der Waals surface area (Å²) in [6, 6.07) is 16.2. The smallest absolute Gasteiger partial charge is 0.300 e. The fourth-order valence-electron chi connectivity index (χ4n) is 3.86.